The van der Waals surface area contributed by atoms with Crippen LogP contribution in [0.4, 0.5) is 10.1 Å². The number of rotatable bonds is 7. The topological polar surface area (TPSA) is 51.2 Å². The number of ether oxygens (including phenoxy) is 1. The molecule has 0 radical (unpaired) electrons. The Morgan fingerprint density at radius 1 is 1.26 bits per heavy atom. The Kier molecular flexibility index (Phi) is 6.87. The van der Waals surface area contributed by atoms with Gasteiger partial charge >= 0.3 is 0 Å². The van der Waals surface area contributed by atoms with Gasteiger partial charge in [0.25, 0.3) is 0 Å². The van der Waals surface area contributed by atoms with Gasteiger partial charge in [0.15, 0.2) is 17.3 Å². The molecule has 1 aliphatic rings. The zero-order valence-corrected chi connectivity index (χ0v) is 15.9. The molecule has 1 N–H and O–H groups in total. The highest BCUT2D eigenvalue weighted by Crippen LogP contribution is 2.26. The Balaban J connectivity index is 1.52. The van der Waals surface area contributed by atoms with E-state index in [0.717, 1.165) is 12.8 Å². The summed E-state index contributed by atoms with van der Waals surface area (Å²) in [5, 5.41) is 2.91. The van der Waals surface area contributed by atoms with E-state index in [-0.39, 0.29) is 18.0 Å². The van der Waals surface area contributed by atoms with Crippen molar-refractivity contribution < 1.29 is 13.9 Å². The number of Topliss-reactive ketones (excluding diaryl/α,β-unsaturated/α-hetero) is 1. The average molecular weight is 386 g/mol. The molecule has 6 heteroatoms. The highest BCUT2D eigenvalue weighted by atomic mass is 32.1. The van der Waals surface area contributed by atoms with Gasteiger partial charge in [-0.15, -0.1) is 0 Å². The minimum absolute atomic E-state index is 0.0442. The highest BCUT2D eigenvalue weighted by Gasteiger charge is 2.15. The normalized spacial score (nSPS) is 14.6. The second-order valence-electron chi connectivity index (χ2n) is 6.85. The quantitative estimate of drug-likeness (QED) is 0.524. The molecule has 1 saturated carbocycles. The first kappa shape index (κ1) is 19.4. The van der Waals surface area contributed by atoms with Gasteiger partial charge in [-0.05, 0) is 43.0 Å². The van der Waals surface area contributed by atoms with Gasteiger partial charge in [-0.3, -0.25) is 9.78 Å². The second-order valence-corrected chi connectivity index (χ2v) is 7.34. The fourth-order valence-corrected chi connectivity index (χ4v) is 3.49. The number of pyridine rings is 1. The largest absolute Gasteiger partial charge is 0.490 e. The summed E-state index contributed by atoms with van der Waals surface area (Å²) in [5.41, 5.74) is 1.00. The molecule has 3 rings (SSSR count). The Labute approximate surface area is 164 Å². The molecule has 0 aliphatic heterocycles. The first-order valence-electron chi connectivity index (χ1n) is 9.27. The average Bonchev–Trinajstić information content (AvgIpc) is 2.68. The van der Waals surface area contributed by atoms with Crippen LogP contribution in [0.5, 0.6) is 5.75 Å². The molecule has 0 saturated heterocycles. The van der Waals surface area contributed by atoms with Crippen molar-refractivity contribution in [2.24, 2.45) is 5.92 Å². The van der Waals surface area contributed by atoms with Gasteiger partial charge in [0.2, 0.25) is 0 Å². The van der Waals surface area contributed by atoms with Crippen molar-refractivity contribution in [2.75, 3.05) is 11.9 Å². The summed E-state index contributed by atoms with van der Waals surface area (Å²) in [4.78, 5) is 16.4. The maximum atomic E-state index is 14.3. The van der Waals surface area contributed by atoms with Crippen molar-refractivity contribution in [2.45, 2.75) is 38.5 Å². The van der Waals surface area contributed by atoms with Crippen molar-refractivity contribution in [3.8, 4) is 5.75 Å². The van der Waals surface area contributed by atoms with Crippen LogP contribution in [-0.2, 0) is 0 Å². The minimum atomic E-state index is -0.433. The Morgan fingerprint density at radius 2 is 2.07 bits per heavy atom. The van der Waals surface area contributed by atoms with E-state index >= 15 is 0 Å². The third-order valence-electron chi connectivity index (χ3n) is 4.72. The van der Waals surface area contributed by atoms with Crippen LogP contribution >= 0.6 is 12.2 Å². The minimum Gasteiger partial charge on any atom is -0.490 e. The fraction of sp³-hybridized carbons (Fsp3) is 0.381. The molecule has 27 heavy (non-hydrogen) atoms. The Morgan fingerprint density at radius 3 is 2.78 bits per heavy atom. The maximum Gasteiger partial charge on any atom is 0.171 e. The zero-order chi connectivity index (χ0) is 19.1. The van der Waals surface area contributed by atoms with Crippen LogP contribution in [0.15, 0.2) is 42.7 Å². The van der Waals surface area contributed by atoms with E-state index < -0.39 is 5.82 Å². The molecule has 0 spiro atoms. The Hall–Kier alpha value is -2.34. The molecule has 1 aromatic heterocycles. The second kappa shape index (κ2) is 9.55. The summed E-state index contributed by atoms with van der Waals surface area (Å²) in [6, 6.07) is 8.05. The number of nitrogens with zero attached hydrogens (tertiary/aromatic N) is 1. The van der Waals surface area contributed by atoms with Gasteiger partial charge in [0.05, 0.1) is 18.0 Å². The van der Waals surface area contributed by atoms with Gasteiger partial charge < -0.3 is 10.1 Å². The van der Waals surface area contributed by atoms with Crippen LogP contribution in [0.25, 0.3) is 0 Å². The highest BCUT2D eigenvalue weighted by molar-refractivity contribution is 7.80. The third-order valence-corrected chi connectivity index (χ3v) is 4.97. The van der Waals surface area contributed by atoms with Crippen LogP contribution < -0.4 is 10.1 Å². The molecule has 1 aromatic carbocycles. The summed E-state index contributed by atoms with van der Waals surface area (Å²) < 4.78 is 20.0. The molecule has 4 nitrogen and oxygen atoms in total. The van der Waals surface area contributed by atoms with Crippen LogP contribution in [0.2, 0.25) is 0 Å². The maximum absolute atomic E-state index is 14.3. The molecule has 0 unspecified atom stereocenters. The molecule has 1 fully saturated rings. The third kappa shape index (κ3) is 5.82. The molecule has 142 valence electrons. The van der Waals surface area contributed by atoms with Crippen molar-refractivity contribution in [3.63, 3.8) is 0 Å². The van der Waals surface area contributed by atoms with E-state index in [0.29, 0.717) is 28.8 Å². The lowest BCUT2D eigenvalue weighted by Crippen LogP contribution is -2.16. The predicted molar refractivity (Wildman–Crippen MR) is 108 cm³/mol. The number of nitrogens with one attached hydrogen (secondary N) is 1. The van der Waals surface area contributed by atoms with Gasteiger partial charge in [-0.2, -0.15) is 0 Å². The summed E-state index contributed by atoms with van der Waals surface area (Å²) in [6.07, 6.45) is 9.21. The lowest BCUT2D eigenvalue weighted by atomic mass is 9.90. The number of anilines is 1. The molecule has 1 aliphatic carbocycles. The van der Waals surface area contributed by atoms with Gasteiger partial charge in [0, 0.05) is 29.7 Å². The predicted octanol–water partition coefficient (Wildman–Crippen LogP) is 5.19. The summed E-state index contributed by atoms with van der Waals surface area (Å²) in [5.74, 6) is 0.205. The van der Waals surface area contributed by atoms with E-state index in [1.165, 1.54) is 31.5 Å². The van der Waals surface area contributed by atoms with Crippen LogP contribution in [0.3, 0.4) is 0 Å². The molecule has 2 aromatic rings. The first-order chi connectivity index (χ1) is 13.1. The summed E-state index contributed by atoms with van der Waals surface area (Å²) in [6.45, 7) is 0.557. The zero-order valence-electron chi connectivity index (χ0n) is 15.1. The first-order valence-corrected chi connectivity index (χ1v) is 9.68. The lowest BCUT2D eigenvalue weighted by Gasteiger charge is -2.21. The van der Waals surface area contributed by atoms with E-state index in [2.05, 4.69) is 10.3 Å². The molecule has 0 atom stereocenters. The van der Waals surface area contributed by atoms with Crippen LogP contribution in [0, 0.1) is 11.7 Å². The number of ketones is 1. The van der Waals surface area contributed by atoms with Gasteiger partial charge in [-0.25, -0.2) is 4.39 Å². The number of carbonyl (C=O) groups excluding carboxylic acids is 1. The van der Waals surface area contributed by atoms with E-state index in [4.69, 9.17) is 17.0 Å². The van der Waals surface area contributed by atoms with E-state index in [1.54, 1.807) is 30.5 Å². The molecule has 0 bridgehead atoms. The smallest absolute Gasteiger partial charge is 0.171 e. The van der Waals surface area contributed by atoms with E-state index in [1.807, 2.05) is 0 Å². The van der Waals surface area contributed by atoms with Crippen molar-refractivity contribution >= 4 is 28.7 Å². The van der Waals surface area contributed by atoms with Crippen LogP contribution in [-0.4, -0.2) is 22.4 Å². The molecule has 1 heterocycles. The summed E-state index contributed by atoms with van der Waals surface area (Å²) in [7, 11) is 0. The summed E-state index contributed by atoms with van der Waals surface area (Å²) >= 11 is 5.22. The fourth-order valence-electron chi connectivity index (χ4n) is 3.24. The molecular weight excluding hydrogens is 363 g/mol. The van der Waals surface area contributed by atoms with Crippen molar-refractivity contribution in [1.29, 1.82) is 0 Å². The standard InChI is InChI=1S/C21H23FN2O2S/c22-18-11-17(8-9-20(18)26-14-15-5-2-1-3-6-15)24-21(27)12-19(25)16-7-4-10-23-13-16/h4,7-11,13,15H,1-3,5-6,12,14H2,(H,24,27). The molecular formula is C21H23FN2O2S. The monoisotopic (exact) mass is 386 g/mol. The van der Waals surface area contributed by atoms with Gasteiger partial charge in [0.1, 0.15) is 0 Å². The van der Waals surface area contributed by atoms with E-state index in [9.17, 15) is 9.18 Å². The number of thiocarbonyl (C=S) groups is 1. The number of carbonyl (C=O) groups is 1. The van der Waals surface area contributed by atoms with Crippen molar-refractivity contribution in [3.05, 3.63) is 54.1 Å². The SMILES string of the molecule is O=C(CC(=S)Nc1ccc(OCC2CCCCC2)c(F)c1)c1cccnc1. The number of halogens is 1. The Bertz CT molecular complexity index is 792. The lowest BCUT2D eigenvalue weighted by molar-refractivity contribution is 0.100. The number of benzene rings is 1. The van der Waals surface area contributed by atoms with Gasteiger partial charge in [-0.1, -0.05) is 31.5 Å². The van der Waals surface area contributed by atoms with Crippen molar-refractivity contribution in [1.82, 2.24) is 4.98 Å². The number of hydrogen-bond acceptors (Lipinski definition) is 4. The molecule has 0 amide bonds. The van der Waals surface area contributed by atoms with Crippen LogP contribution in [0.1, 0.15) is 48.9 Å². The number of aromatic nitrogens is 1. The number of hydrogen-bond donors (Lipinski definition) is 1.